The van der Waals surface area contributed by atoms with E-state index < -0.39 is 11.7 Å². The number of benzene rings is 3. The minimum Gasteiger partial charge on any atom is -0.508 e. The van der Waals surface area contributed by atoms with Gasteiger partial charge in [-0.05, 0) is 74.6 Å². The largest absolute Gasteiger partial charge is 0.508 e. The van der Waals surface area contributed by atoms with Gasteiger partial charge in [-0.15, -0.1) is 23.1 Å². The third kappa shape index (κ3) is 7.39. The minimum absolute atomic E-state index is 0.168. The predicted octanol–water partition coefficient (Wildman–Crippen LogP) is 9.79. The van der Waals surface area contributed by atoms with Crippen LogP contribution in [0.3, 0.4) is 0 Å². The molecule has 0 spiro atoms. The summed E-state index contributed by atoms with van der Waals surface area (Å²) >= 11 is 3.32. The number of unbranched alkanes of at least 4 members (excludes halogenated alkanes) is 2. The van der Waals surface area contributed by atoms with Gasteiger partial charge in [-0.3, -0.25) is 0 Å². The van der Waals surface area contributed by atoms with Gasteiger partial charge in [0.05, 0.1) is 11.3 Å². The topological polar surface area (TPSA) is 33.1 Å². The third-order valence-electron chi connectivity index (χ3n) is 6.31. The van der Waals surface area contributed by atoms with Crippen LogP contribution in [0.2, 0.25) is 0 Å². The van der Waals surface area contributed by atoms with Crippen molar-refractivity contribution in [1.29, 1.82) is 0 Å². The maximum atomic E-state index is 13.0. The number of hydrogen-bond donors (Lipinski definition) is 1. The molecule has 4 rings (SSSR count). The van der Waals surface area contributed by atoms with Crippen LogP contribution in [0.25, 0.3) is 10.6 Å². The molecule has 7 heteroatoms. The van der Waals surface area contributed by atoms with Gasteiger partial charge in [0.2, 0.25) is 0 Å². The number of phenols is 1. The first-order chi connectivity index (χ1) is 17.7. The molecule has 0 aliphatic heterocycles. The molecule has 2 nitrogen and oxygen atoms in total. The molecule has 0 aliphatic rings. The number of rotatable bonds is 10. The predicted molar refractivity (Wildman–Crippen MR) is 147 cm³/mol. The lowest BCUT2D eigenvalue weighted by molar-refractivity contribution is -0.137. The number of halogens is 3. The number of nitrogens with zero attached hydrogens (tertiary/aromatic N) is 1. The minimum atomic E-state index is -4.35. The Balaban J connectivity index is 1.50. The van der Waals surface area contributed by atoms with Crippen LogP contribution in [0, 0.1) is 13.8 Å². The van der Waals surface area contributed by atoms with Gasteiger partial charge in [-0.1, -0.05) is 55.3 Å². The van der Waals surface area contributed by atoms with Crippen LogP contribution in [0.5, 0.6) is 5.75 Å². The van der Waals surface area contributed by atoms with Crippen LogP contribution in [-0.2, 0) is 12.6 Å². The van der Waals surface area contributed by atoms with E-state index in [9.17, 15) is 18.3 Å². The molecule has 0 amide bonds. The maximum absolute atomic E-state index is 13.0. The normalized spacial score (nSPS) is 12.6. The lowest BCUT2D eigenvalue weighted by Gasteiger charge is -2.16. The molecular formula is C30H30F3NOS2. The lowest BCUT2D eigenvalue weighted by Crippen LogP contribution is -2.03. The van der Waals surface area contributed by atoms with Crippen molar-refractivity contribution in [3.63, 3.8) is 0 Å². The number of aromatic hydroxyl groups is 1. The second kappa shape index (κ2) is 12.2. The Morgan fingerprint density at radius 1 is 0.919 bits per heavy atom. The molecule has 3 aromatic carbocycles. The fourth-order valence-electron chi connectivity index (χ4n) is 4.22. The van der Waals surface area contributed by atoms with Crippen LogP contribution in [0.1, 0.15) is 58.2 Å². The zero-order chi connectivity index (χ0) is 26.4. The Hall–Kier alpha value is -2.77. The fourth-order valence-corrected chi connectivity index (χ4v) is 6.88. The summed E-state index contributed by atoms with van der Waals surface area (Å²) < 4.78 is 39.0. The van der Waals surface area contributed by atoms with Crippen LogP contribution in [0.4, 0.5) is 13.2 Å². The molecule has 1 unspecified atom stereocenters. The van der Waals surface area contributed by atoms with Gasteiger partial charge in [0.25, 0.3) is 0 Å². The highest BCUT2D eigenvalue weighted by molar-refractivity contribution is 7.99. The van der Waals surface area contributed by atoms with E-state index in [1.54, 1.807) is 29.2 Å². The second-order valence-electron chi connectivity index (χ2n) is 9.18. The van der Waals surface area contributed by atoms with Gasteiger partial charge in [0.15, 0.2) is 0 Å². The molecule has 4 aromatic rings. The summed E-state index contributed by atoms with van der Waals surface area (Å²) in [5.74, 6) is 0.278. The monoisotopic (exact) mass is 541 g/mol. The van der Waals surface area contributed by atoms with Crippen molar-refractivity contribution in [2.75, 3.05) is 0 Å². The molecule has 1 aromatic heterocycles. The highest BCUT2D eigenvalue weighted by atomic mass is 32.2. The fraction of sp³-hybridized carbons (Fsp3) is 0.300. The second-order valence-corrected chi connectivity index (χ2v) is 11.5. The van der Waals surface area contributed by atoms with Gasteiger partial charge in [0, 0.05) is 20.6 Å². The Kier molecular flexibility index (Phi) is 8.98. The summed E-state index contributed by atoms with van der Waals surface area (Å²) in [7, 11) is 0. The number of thiazole rings is 1. The van der Waals surface area contributed by atoms with Crippen molar-refractivity contribution < 1.29 is 18.3 Å². The van der Waals surface area contributed by atoms with Crippen molar-refractivity contribution in [1.82, 2.24) is 4.98 Å². The molecule has 0 fully saturated rings. The Morgan fingerprint density at radius 3 is 2.32 bits per heavy atom. The molecule has 0 saturated heterocycles. The number of thioether (sulfide) groups is 1. The molecule has 37 heavy (non-hydrogen) atoms. The number of aryl methyl sites for hydroxylation is 3. The first kappa shape index (κ1) is 27.3. The third-order valence-corrected chi connectivity index (χ3v) is 9.06. The van der Waals surface area contributed by atoms with E-state index >= 15 is 0 Å². The summed E-state index contributed by atoms with van der Waals surface area (Å²) in [5.41, 5.74) is 3.14. The molecular weight excluding hydrogens is 511 g/mol. The first-order valence-electron chi connectivity index (χ1n) is 12.4. The summed E-state index contributed by atoms with van der Waals surface area (Å²) in [5, 5.41) is 10.8. The summed E-state index contributed by atoms with van der Waals surface area (Å²) in [6.45, 7) is 3.86. The van der Waals surface area contributed by atoms with E-state index in [-0.39, 0.29) is 11.0 Å². The summed E-state index contributed by atoms with van der Waals surface area (Å²) in [4.78, 5) is 6.96. The van der Waals surface area contributed by atoms with E-state index in [2.05, 4.69) is 24.3 Å². The average molecular weight is 542 g/mol. The number of aromatic nitrogens is 1. The highest BCUT2D eigenvalue weighted by Crippen LogP contribution is 2.45. The van der Waals surface area contributed by atoms with Gasteiger partial charge in [0.1, 0.15) is 10.8 Å². The quantitative estimate of drug-likeness (QED) is 0.160. The molecule has 0 saturated carbocycles. The molecule has 0 radical (unpaired) electrons. The summed E-state index contributed by atoms with van der Waals surface area (Å²) in [6, 6.07) is 21.4. The van der Waals surface area contributed by atoms with Crippen molar-refractivity contribution in [3.05, 3.63) is 100 Å². The van der Waals surface area contributed by atoms with Gasteiger partial charge < -0.3 is 5.11 Å². The Bertz CT molecular complexity index is 1300. The van der Waals surface area contributed by atoms with Crippen LogP contribution >= 0.6 is 23.1 Å². The van der Waals surface area contributed by atoms with Crippen LogP contribution < -0.4 is 0 Å². The van der Waals surface area contributed by atoms with Crippen molar-refractivity contribution in [2.24, 2.45) is 0 Å². The molecule has 1 heterocycles. The standard InChI is InChI=1S/C30H30F3NOS2/c1-20-19-25(17-18-26(20)35)36-27(12-8-4-7-11-22-9-5-3-6-10-22)28-21(2)34-29(37-28)23-13-15-24(16-14-23)30(31,32)33/h3,5-6,9-10,13-19,27,35H,4,7-8,11-12H2,1-2H3. The molecule has 1 N–H and O–H groups in total. The molecule has 0 aliphatic carbocycles. The van der Waals surface area contributed by atoms with Gasteiger partial charge >= 0.3 is 6.18 Å². The number of hydrogen-bond acceptors (Lipinski definition) is 4. The van der Waals surface area contributed by atoms with Gasteiger partial charge in [-0.2, -0.15) is 13.2 Å². The number of alkyl halides is 3. The molecule has 0 bridgehead atoms. The Labute approximate surface area is 224 Å². The van der Waals surface area contributed by atoms with E-state index in [0.717, 1.165) is 70.3 Å². The van der Waals surface area contributed by atoms with E-state index in [1.165, 1.54) is 17.7 Å². The first-order valence-corrected chi connectivity index (χ1v) is 14.1. The lowest BCUT2D eigenvalue weighted by atomic mass is 10.0. The Morgan fingerprint density at radius 2 is 1.65 bits per heavy atom. The van der Waals surface area contributed by atoms with Crippen LogP contribution in [-0.4, -0.2) is 10.1 Å². The zero-order valence-corrected chi connectivity index (χ0v) is 22.5. The molecule has 1 atom stereocenters. The van der Waals surface area contributed by atoms with E-state index in [4.69, 9.17) is 4.98 Å². The van der Waals surface area contributed by atoms with Gasteiger partial charge in [-0.25, -0.2) is 4.98 Å². The maximum Gasteiger partial charge on any atom is 0.416 e. The van der Waals surface area contributed by atoms with Crippen molar-refractivity contribution in [3.8, 4) is 16.3 Å². The summed E-state index contributed by atoms with van der Waals surface area (Å²) in [6.07, 6.45) is 0.978. The van der Waals surface area contributed by atoms with Crippen molar-refractivity contribution >= 4 is 23.1 Å². The average Bonchev–Trinajstić information content (AvgIpc) is 3.27. The van der Waals surface area contributed by atoms with E-state index in [0.29, 0.717) is 5.56 Å². The zero-order valence-electron chi connectivity index (χ0n) is 20.9. The number of phenolic OH excluding ortho intramolecular Hbond substituents is 1. The SMILES string of the molecule is Cc1cc(SC(CCCCCc2ccccc2)c2sc(-c3ccc(C(F)(F)F)cc3)nc2C)ccc1O. The van der Waals surface area contributed by atoms with Crippen LogP contribution in [0.15, 0.2) is 77.7 Å². The smallest absolute Gasteiger partial charge is 0.416 e. The molecule has 194 valence electrons. The van der Waals surface area contributed by atoms with Crippen molar-refractivity contribution in [2.45, 2.75) is 62.3 Å². The highest BCUT2D eigenvalue weighted by Gasteiger charge is 2.30. The van der Waals surface area contributed by atoms with E-state index in [1.807, 2.05) is 32.0 Å².